The van der Waals surface area contributed by atoms with Gasteiger partial charge in [0, 0.05) is 27.3 Å². The summed E-state index contributed by atoms with van der Waals surface area (Å²) in [5, 5.41) is 0.415. The van der Waals surface area contributed by atoms with Crippen molar-refractivity contribution < 1.29 is 9.47 Å². The van der Waals surface area contributed by atoms with E-state index in [1.54, 1.807) is 20.3 Å². The van der Waals surface area contributed by atoms with Crippen molar-refractivity contribution in [1.82, 2.24) is 9.97 Å². The fourth-order valence-corrected chi connectivity index (χ4v) is 1.24. The molecule has 1 aromatic heterocycles. The molecule has 0 saturated heterocycles. The SMILES string of the molecule is COC(CN(C)c1cc(Cl)ncn1)OC. The zero-order valence-electron chi connectivity index (χ0n) is 8.98. The average molecular weight is 232 g/mol. The Bertz CT molecular complexity index is 307. The van der Waals surface area contributed by atoms with Crippen molar-refractivity contribution in [3.05, 3.63) is 17.5 Å². The number of methoxy groups -OCH3 is 2. The van der Waals surface area contributed by atoms with Crippen LogP contribution in [0.15, 0.2) is 12.4 Å². The molecule has 0 unspecified atom stereocenters. The third-order valence-corrected chi connectivity index (χ3v) is 2.17. The summed E-state index contributed by atoms with van der Waals surface area (Å²) < 4.78 is 10.2. The highest BCUT2D eigenvalue weighted by Gasteiger charge is 2.11. The van der Waals surface area contributed by atoms with Gasteiger partial charge in [0.15, 0.2) is 6.29 Å². The maximum atomic E-state index is 5.75. The van der Waals surface area contributed by atoms with Crippen molar-refractivity contribution in [1.29, 1.82) is 0 Å². The molecule has 0 spiro atoms. The minimum absolute atomic E-state index is 0.288. The lowest BCUT2D eigenvalue weighted by molar-refractivity contribution is -0.0944. The van der Waals surface area contributed by atoms with E-state index in [1.807, 2.05) is 11.9 Å². The van der Waals surface area contributed by atoms with Crippen LogP contribution in [0.25, 0.3) is 0 Å². The van der Waals surface area contributed by atoms with Gasteiger partial charge in [-0.15, -0.1) is 0 Å². The van der Waals surface area contributed by atoms with Crippen molar-refractivity contribution in [2.24, 2.45) is 0 Å². The number of halogens is 1. The van der Waals surface area contributed by atoms with Crippen molar-refractivity contribution >= 4 is 17.4 Å². The van der Waals surface area contributed by atoms with E-state index in [0.29, 0.717) is 11.7 Å². The Morgan fingerprint density at radius 2 is 2.07 bits per heavy atom. The van der Waals surface area contributed by atoms with Gasteiger partial charge in [-0.3, -0.25) is 0 Å². The van der Waals surface area contributed by atoms with Gasteiger partial charge in [-0.2, -0.15) is 0 Å². The first-order chi connectivity index (χ1) is 7.17. The van der Waals surface area contributed by atoms with E-state index in [-0.39, 0.29) is 6.29 Å². The van der Waals surface area contributed by atoms with Crippen LogP contribution in [-0.4, -0.2) is 44.1 Å². The fraction of sp³-hybridized carbons (Fsp3) is 0.556. The third-order valence-electron chi connectivity index (χ3n) is 1.96. The summed E-state index contributed by atoms with van der Waals surface area (Å²) in [6.45, 7) is 0.570. The van der Waals surface area contributed by atoms with Crippen molar-refractivity contribution in [2.45, 2.75) is 6.29 Å². The van der Waals surface area contributed by atoms with Crippen molar-refractivity contribution in [3.63, 3.8) is 0 Å². The molecule has 6 heteroatoms. The van der Waals surface area contributed by atoms with E-state index in [1.165, 1.54) is 6.33 Å². The van der Waals surface area contributed by atoms with Crippen LogP contribution in [0, 0.1) is 0 Å². The lowest BCUT2D eigenvalue weighted by atomic mass is 10.5. The number of hydrogen-bond donors (Lipinski definition) is 0. The Balaban J connectivity index is 2.64. The van der Waals surface area contributed by atoms with Crippen LogP contribution in [0.5, 0.6) is 0 Å². The Kier molecular flexibility index (Phi) is 4.74. The maximum absolute atomic E-state index is 5.75. The summed E-state index contributed by atoms with van der Waals surface area (Å²) in [5.41, 5.74) is 0. The number of nitrogens with zero attached hydrogens (tertiary/aromatic N) is 3. The highest BCUT2D eigenvalue weighted by molar-refractivity contribution is 6.29. The van der Waals surface area contributed by atoms with Crippen molar-refractivity contribution in [2.75, 3.05) is 32.7 Å². The Morgan fingerprint density at radius 3 is 2.60 bits per heavy atom. The number of anilines is 1. The van der Waals surface area contributed by atoms with E-state index < -0.39 is 0 Å². The van der Waals surface area contributed by atoms with Crippen LogP contribution in [0.3, 0.4) is 0 Å². The minimum atomic E-state index is -0.288. The molecular weight excluding hydrogens is 218 g/mol. The van der Waals surface area contributed by atoms with E-state index >= 15 is 0 Å². The Hall–Kier alpha value is -0.910. The van der Waals surface area contributed by atoms with Gasteiger partial charge in [0.25, 0.3) is 0 Å². The lowest BCUT2D eigenvalue weighted by Gasteiger charge is -2.22. The van der Waals surface area contributed by atoms with Gasteiger partial charge in [-0.05, 0) is 0 Å². The van der Waals surface area contributed by atoms with E-state index in [0.717, 1.165) is 5.82 Å². The molecule has 0 aliphatic heterocycles. The van der Waals surface area contributed by atoms with Gasteiger partial charge in [0.05, 0.1) is 6.54 Å². The van der Waals surface area contributed by atoms with Crippen molar-refractivity contribution in [3.8, 4) is 0 Å². The van der Waals surface area contributed by atoms with Crippen LogP contribution in [-0.2, 0) is 9.47 Å². The Labute approximate surface area is 94.0 Å². The van der Waals surface area contributed by atoms with Crippen LogP contribution < -0.4 is 4.90 Å². The molecule has 0 N–H and O–H groups in total. The van der Waals surface area contributed by atoms with Gasteiger partial charge < -0.3 is 14.4 Å². The summed E-state index contributed by atoms with van der Waals surface area (Å²) in [5.74, 6) is 0.731. The molecular formula is C9H14ClN3O2. The summed E-state index contributed by atoms with van der Waals surface area (Å²) >= 11 is 5.75. The van der Waals surface area contributed by atoms with Gasteiger partial charge in [-0.25, -0.2) is 9.97 Å². The number of aromatic nitrogens is 2. The van der Waals surface area contributed by atoms with E-state index in [9.17, 15) is 0 Å². The van der Waals surface area contributed by atoms with Gasteiger partial charge in [0.2, 0.25) is 0 Å². The number of likely N-dealkylation sites (N-methyl/N-ethyl adjacent to an activating group) is 1. The van der Waals surface area contributed by atoms with Crippen LogP contribution in [0.1, 0.15) is 0 Å². The number of rotatable bonds is 5. The normalized spacial score (nSPS) is 10.7. The molecule has 1 heterocycles. The smallest absolute Gasteiger partial charge is 0.174 e. The zero-order chi connectivity index (χ0) is 11.3. The third kappa shape index (κ3) is 3.62. The van der Waals surface area contributed by atoms with Crippen LogP contribution in [0.2, 0.25) is 5.15 Å². The topological polar surface area (TPSA) is 47.5 Å². The zero-order valence-corrected chi connectivity index (χ0v) is 9.73. The monoisotopic (exact) mass is 231 g/mol. The molecule has 5 nitrogen and oxygen atoms in total. The second-order valence-electron chi connectivity index (χ2n) is 2.98. The molecule has 84 valence electrons. The molecule has 0 amide bonds. The quantitative estimate of drug-likeness (QED) is 0.563. The predicted molar refractivity (Wildman–Crippen MR) is 58.1 cm³/mol. The highest BCUT2D eigenvalue weighted by Crippen LogP contribution is 2.13. The van der Waals surface area contributed by atoms with Gasteiger partial charge in [0.1, 0.15) is 17.3 Å². The summed E-state index contributed by atoms with van der Waals surface area (Å²) in [6.07, 6.45) is 1.13. The largest absolute Gasteiger partial charge is 0.354 e. The molecule has 0 atom stereocenters. The Morgan fingerprint density at radius 1 is 1.40 bits per heavy atom. The molecule has 0 saturated carbocycles. The maximum Gasteiger partial charge on any atom is 0.174 e. The predicted octanol–water partition coefficient (Wildman–Crippen LogP) is 1.19. The minimum Gasteiger partial charge on any atom is -0.354 e. The fourth-order valence-electron chi connectivity index (χ4n) is 1.10. The number of ether oxygens (including phenoxy) is 2. The summed E-state index contributed by atoms with van der Waals surface area (Å²) in [4.78, 5) is 9.77. The summed E-state index contributed by atoms with van der Waals surface area (Å²) in [7, 11) is 5.06. The molecule has 0 radical (unpaired) electrons. The molecule has 15 heavy (non-hydrogen) atoms. The number of hydrogen-bond acceptors (Lipinski definition) is 5. The molecule has 0 aliphatic carbocycles. The van der Waals surface area contributed by atoms with E-state index in [4.69, 9.17) is 21.1 Å². The molecule has 0 fully saturated rings. The second kappa shape index (κ2) is 5.85. The first kappa shape index (κ1) is 12.2. The summed E-state index contributed by atoms with van der Waals surface area (Å²) in [6, 6.07) is 1.68. The van der Waals surface area contributed by atoms with Crippen LogP contribution >= 0.6 is 11.6 Å². The standard InChI is InChI=1S/C9H14ClN3O2/c1-13(5-9(14-2)15-3)8-4-7(10)11-6-12-8/h4,6,9H,5H2,1-3H3. The average Bonchev–Trinajstić information content (AvgIpc) is 2.25. The molecule has 0 aliphatic rings. The first-order valence-electron chi connectivity index (χ1n) is 4.41. The molecule has 0 bridgehead atoms. The van der Waals surface area contributed by atoms with Gasteiger partial charge >= 0.3 is 0 Å². The van der Waals surface area contributed by atoms with Gasteiger partial charge in [-0.1, -0.05) is 11.6 Å². The molecule has 1 rings (SSSR count). The van der Waals surface area contributed by atoms with E-state index in [2.05, 4.69) is 9.97 Å². The first-order valence-corrected chi connectivity index (χ1v) is 4.79. The lowest BCUT2D eigenvalue weighted by Crippen LogP contribution is -2.32. The van der Waals surface area contributed by atoms with Crippen LogP contribution in [0.4, 0.5) is 5.82 Å². The molecule has 1 aromatic rings. The highest BCUT2D eigenvalue weighted by atomic mass is 35.5. The molecule has 0 aromatic carbocycles. The second-order valence-corrected chi connectivity index (χ2v) is 3.37.